The van der Waals surface area contributed by atoms with Crippen LogP contribution in [-0.2, 0) is 0 Å². The lowest BCUT2D eigenvalue weighted by Gasteiger charge is -2.24. The number of aliphatic imine (C=N–C) groups is 1. The van der Waals surface area contributed by atoms with Gasteiger partial charge in [0.25, 0.3) is 0 Å². The normalized spacial score (nSPS) is 24.9. The maximum atomic E-state index is 4.80. The number of likely N-dealkylation sites (tertiary alicyclic amines) is 1. The van der Waals surface area contributed by atoms with E-state index in [1.54, 1.807) is 0 Å². The minimum atomic E-state index is 0.202. The Morgan fingerprint density at radius 1 is 1.27 bits per heavy atom. The Kier molecular flexibility index (Phi) is 6.87. The van der Waals surface area contributed by atoms with Gasteiger partial charge in [-0.3, -0.25) is 9.89 Å². The number of thioether (sulfide) groups is 1. The van der Waals surface area contributed by atoms with Crippen LogP contribution in [0.15, 0.2) is 4.99 Å². The van der Waals surface area contributed by atoms with Crippen molar-refractivity contribution in [2.75, 3.05) is 32.4 Å². The second-order valence-corrected chi connectivity index (χ2v) is 8.74. The highest BCUT2D eigenvalue weighted by atomic mass is 32.2. The fraction of sp³-hybridized carbons (Fsp3) is 0.941. The summed E-state index contributed by atoms with van der Waals surface area (Å²) in [5.41, 5.74) is 0. The van der Waals surface area contributed by atoms with Crippen molar-refractivity contribution in [3.63, 3.8) is 0 Å². The van der Waals surface area contributed by atoms with Crippen molar-refractivity contribution in [1.82, 2.24) is 15.5 Å². The molecule has 5 heteroatoms. The molecule has 0 spiro atoms. The van der Waals surface area contributed by atoms with Crippen LogP contribution in [0.5, 0.6) is 0 Å². The van der Waals surface area contributed by atoms with E-state index in [1.165, 1.54) is 45.2 Å². The van der Waals surface area contributed by atoms with E-state index in [0.29, 0.717) is 6.04 Å². The van der Waals surface area contributed by atoms with Crippen molar-refractivity contribution in [2.24, 2.45) is 4.99 Å². The molecule has 0 bridgehead atoms. The Morgan fingerprint density at radius 2 is 2.00 bits per heavy atom. The van der Waals surface area contributed by atoms with E-state index in [2.05, 4.69) is 42.6 Å². The van der Waals surface area contributed by atoms with Gasteiger partial charge in [-0.05, 0) is 46.3 Å². The van der Waals surface area contributed by atoms with Gasteiger partial charge < -0.3 is 10.6 Å². The maximum Gasteiger partial charge on any atom is 0.191 e. The highest BCUT2D eigenvalue weighted by Gasteiger charge is 2.30. The molecule has 22 heavy (non-hydrogen) atoms. The molecule has 1 aliphatic heterocycles. The van der Waals surface area contributed by atoms with E-state index in [4.69, 9.17) is 4.99 Å². The molecule has 0 amide bonds. The third-order valence-corrected chi connectivity index (χ3v) is 6.15. The van der Waals surface area contributed by atoms with Crippen LogP contribution >= 0.6 is 11.8 Å². The zero-order valence-electron chi connectivity index (χ0n) is 14.8. The molecule has 1 aliphatic carbocycles. The molecule has 2 aliphatic rings. The van der Waals surface area contributed by atoms with Gasteiger partial charge in [-0.15, -0.1) is 0 Å². The second-order valence-electron chi connectivity index (χ2n) is 7.22. The topological polar surface area (TPSA) is 39.7 Å². The molecule has 128 valence electrons. The minimum Gasteiger partial charge on any atom is -0.357 e. The lowest BCUT2D eigenvalue weighted by molar-refractivity contribution is 0.242. The van der Waals surface area contributed by atoms with Crippen molar-refractivity contribution in [3.8, 4) is 0 Å². The van der Waals surface area contributed by atoms with E-state index >= 15 is 0 Å². The van der Waals surface area contributed by atoms with Gasteiger partial charge in [0.15, 0.2) is 5.96 Å². The molecule has 2 fully saturated rings. The van der Waals surface area contributed by atoms with Gasteiger partial charge in [0.2, 0.25) is 0 Å². The van der Waals surface area contributed by atoms with E-state index < -0.39 is 0 Å². The Morgan fingerprint density at radius 3 is 2.64 bits per heavy atom. The van der Waals surface area contributed by atoms with Crippen molar-refractivity contribution >= 4 is 17.7 Å². The van der Waals surface area contributed by atoms with Gasteiger partial charge in [0.1, 0.15) is 0 Å². The minimum absolute atomic E-state index is 0.202. The first-order valence-electron chi connectivity index (χ1n) is 8.88. The number of rotatable bonds is 6. The first kappa shape index (κ1) is 17.9. The van der Waals surface area contributed by atoms with Crippen LogP contribution in [-0.4, -0.2) is 60.1 Å². The SMILES string of the molecule is CCNC(=NCC(C)(C)SC)NC1CCN(C2CCCC2)C1. The molecule has 1 atom stereocenters. The Hall–Kier alpha value is -0.420. The average molecular weight is 327 g/mol. The second kappa shape index (κ2) is 8.44. The van der Waals surface area contributed by atoms with E-state index in [0.717, 1.165) is 25.1 Å². The summed E-state index contributed by atoms with van der Waals surface area (Å²) in [7, 11) is 0. The van der Waals surface area contributed by atoms with Crippen molar-refractivity contribution in [2.45, 2.75) is 69.7 Å². The van der Waals surface area contributed by atoms with Crippen LogP contribution in [0.25, 0.3) is 0 Å². The molecule has 1 unspecified atom stereocenters. The van der Waals surface area contributed by atoms with Gasteiger partial charge >= 0.3 is 0 Å². The Labute approximate surface area is 140 Å². The number of hydrogen-bond acceptors (Lipinski definition) is 3. The number of nitrogens with zero attached hydrogens (tertiary/aromatic N) is 2. The zero-order chi connectivity index (χ0) is 16.0. The van der Waals surface area contributed by atoms with Gasteiger partial charge in [0.05, 0.1) is 6.54 Å². The van der Waals surface area contributed by atoms with Crippen molar-refractivity contribution < 1.29 is 0 Å². The molecule has 2 rings (SSSR count). The van der Waals surface area contributed by atoms with Crippen LogP contribution in [0.2, 0.25) is 0 Å². The molecule has 0 aromatic heterocycles. The third-order valence-electron chi connectivity index (χ3n) is 4.92. The molecular weight excluding hydrogens is 292 g/mol. The smallest absolute Gasteiger partial charge is 0.191 e. The molecular formula is C17H34N4S. The monoisotopic (exact) mass is 326 g/mol. The number of nitrogens with one attached hydrogen (secondary N) is 2. The third kappa shape index (κ3) is 5.34. The fourth-order valence-corrected chi connectivity index (χ4v) is 3.55. The summed E-state index contributed by atoms with van der Waals surface area (Å²) in [5, 5.41) is 7.06. The maximum absolute atomic E-state index is 4.80. The summed E-state index contributed by atoms with van der Waals surface area (Å²) in [6, 6.07) is 1.40. The highest BCUT2D eigenvalue weighted by molar-refractivity contribution is 7.99. The predicted octanol–water partition coefficient (Wildman–Crippen LogP) is 2.70. The van der Waals surface area contributed by atoms with E-state index in [-0.39, 0.29) is 4.75 Å². The number of guanidine groups is 1. The van der Waals surface area contributed by atoms with Gasteiger partial charge in [-0.2, -0.15) is 11.8 Å². The van der Waals surface area contributed by atoms with Gasteiger partial charge in [-0.1, -0.05) is 12.8 Å². The first-order chi connectivity index (χ1) is 10.5. The van der Waals surface area contributed by atoms with Crippen LogP contribution in [0.1, 0.15) is 52.9 Å². The summed E-state index contributed by atoms with van der Waals surface area (Å²) in [6.45, 7) is 10.8. The molecule has 0 aromatic carbocycles. The predicted molar refractivity (Wildman–Crippen MR) is 98.9 cm³/mol. The quantitative estimate of drug-likeness (QED) is 0.581. The molecule has 0 aromatic rings. The standard InChI is InChI=1S/C17H34N4S/c1-5-18-16(19-13-17(2,3)22-4)20-14-10-11-21(12-14)15-8-6-7-9-15/h14-15H,5-13H2,1-4H3,(H2,18,19,20). The summed E-state index contributed by atoms with van der Waals surface area (Å²) < 4.78 is 0.202. The molecule has 0 radical (unpaired) electrons. The summed E-state index contributed by atoms with van der Waals surface area (Å²) in [4.78, 5) is 7.49. The van der Waals surface area contributed by atoms with Crippen LogP contribution in [0, 0.1) is 0 Å². The molecule has 1 saturated carbocycles. The Balaban J connectivity index is 1.84. The zero-order valence-corrected chi connectivity index (χ0v) is 15.6. The lowest BCUT2D eigenvalue weighted by Crippen LogP contribution is -2.45. The van der Waals surface area contributed by atoms with E-state index in [1.807, 2.05) is 11.8 Å². The first-order valence-corrected chi connectivity index (χ1v) is 10.1. The Bertz CT molecular complexity index is 364. The lowest BCUT2D eigenvalue weighted by atomic mass is 10.2. The highest BCUT2D eigenvalue weighted by Crippen LogP contribution is 2.26. The average Bonchev–Trinajstić information content (AvgIpc) is 3.16. The van der Waals surface area contributed by atoms with Gasteiger partial charge in [0, 0.05) is 36.5 Å². The van der Waals surface area contributed by atoms with Crippen LogP contribution in [0.4, 0.5) is 0 Å². The summed E-state index contributed by atoms with van der Waals surface area (Å²) in [6.07, 6.45) is 9.06. The summed E-state index contributed by atoms with van der Waals surface area (Å²) in [5.74, 6) is 0.989. The largest absolute Gasteiger partial charge is 0.357 e. The number of hydrogen-bond donors (Lipinski definition) is 2. The van der Waals surface area contributed by atoms with Crippen molar-refractivity contribution in [3.05, 3.63) is 0 Å². The molecule has 1 heterocycles. The molecule has 2 N–H and O–H groups in total. The fourth-order valence-electron chi connectivity index (χ4n) is 3.35. The van der Waals surface area contributed by atoms with E-state index in [9.17, 15) is 0 Å². The van der Waals surface area contributed by atoms with Crippen molar-refractivity contribution in [1.29, 1.82) is 0 Å². The van der Waals surface area contributed by atoms with Crippen LogP contribution in [0.3, 0.4) is 0 Å². The van der Waals surface area contributed by atoms with Gasteiger partial charge in [-0.25, -0.2) is 0 Å². The molecule has 4 nitrogen and oxygen atoms in total. The summed E-state index contributed by atoms with van der Waals surface area (Å²) >= 11 is 1.88. The molecule has 1 saturated heterocycles. The van der Waals surface area contributed by atoms with Crippen LogP contribution < -0.4 is 10.6 Å².